The van der Waals surface area contributed by atoms with Gasteiger partial charge in [0, 0.05) is 5.69 Å². The summed E-state index contributed by atoms with van der Waals surface area (Å²) < 4.78 is 0. The molecule has 0 N–H and O–H groups in total. The number of pyridine rings is 1. The van der Waals surface area contributed by atoms with Gasteiger partial charge in [-0.25, -0.2) is 0 Å². The van der Waals surface area contributed by atoms with Crippen molar-refractivity contribution >= 4 is 0 Å². The van der Waals surface area contributed by atoms with Gasteiger partial charge in [-0.15, -0.1) is 0 Å². The molecule has 0 unspecified atom stereocenters. The third-order valence-electron chi connectivity index (χ3n) is 2.65. The van der Waals surface area contributed by atoms with E-state index in [1.54, 1.807) is 0 Å². The predicted octanol–water partition coefficient (Wildman–Crippen LogP) is 2.38. The maximum absolute atomic E-state index is 8.61. The smallest absolute Gasteiger partial charge is 0.0777 e. The van der Waals surface area contributed by atoms with Crippen LogP contribution in [0.3, 0.4) is 0 Å². The molecule has 0 aliphatic carbocycles. The summed E-state index contributed by atoms with van der Waals surface area (Å²) in [6, 6.07) is 2.14. The first-order valence-electron chi connectivity index (χ1n) is 4.38. The average molecular weight is 174 g/mol. The maximum Gasteiger partial charge on any atom is 0.0777 e. The van der Waals surface area contributed by atoms with E-state index in [1.165, 1.54) is 11.1 Å². The molecule has 0 spiro atoms. The number of hydrogen-bond donors (Lipinski definition) is 0. The van der Waals surface area contributed by atoms with Crippen molar-refractivity contribution in [1.29, 1.82) is 5.26 Å². The first-order chi connectivity index (χ1) is 6.07. The van der Waals surface area contributed by atoms with Gasteiger partial charge in [-0.2, -0.15) is 5.26 Å². The predicted molar refractivity (Wildman–Crippen MR) is 52.5 cm³/mol. The summed E-state index contributed by atoms with van der Waals surface area (Å²) in [6.07, 6.45) is 0.411. The van der Waals surface area contributed by atoms with Crippen LogP contribution in [-0.2, 0) is 6.42 Å². The molecule has 0 saturated heterocycles. The van der Waals surface area contributed by atoms with E-state index in [4.69, 9.17) is 5.26 Å². The van der Waals surface area contributed by atoms with Gasteiger partial charge in [0.2, 0.25) is 0 Å². The fourth-order valence-electron chi connectivity index (χ4n) is 1.39. The van der Waals surface area contributed by atoms with Crippen molar-refractivity contribution in [2.45, 2.75) is 34.1 Å². The van der Waals surface area contributed by atoms with E-state index in [1.807, 2.05) is 13.8 Å². The van der Waals surface area contributed by atoms with Crippen molar-refractivity contribution in [2.24, 2.45) is 0 Å². The van der Waals surface area contributed by atoms with Gasteiger partial charge in [-0.3, -0.25) is 4.98 Å². The van der Waals surface area contributed by atoms with Crippen molar-refractivity contribution in [3.8, 4) is 6.07 Å². The molecule has 0 radical (unpaired) electrons. The molecule has 2 heteroatoms. The van der Waals surface area contributed by atoms with E-state index in [9.17, 15) is 0 Å². The minimum absolute atomic E-state index is 0.411. The van der Waals surface area contributed by atoms with E-state index in [0.717, 1.165) is 17.0 Å². The number of nitriles is 1. The number of rotatable bonds is 1. The highest BCUT2D eigenvalue weighted by molar-refractivity contribution is 5.38. The van der Waals surface area contributed by atoms with Gasteiger partial charge in [0.05, 0.1) is 18.2 Å². The van der Waals surface area contributed by atoms with Gasteiger partial charge < -0.3 is 0 Å². The van der Waals surface area contributed by atoms with Crippen LogP contribution in [0.15, 0.2) is 0 Å². The Morgan fingerprint density at radius 1 is 1.08 bits per heavy atom. The molecule has 0 aromatic carbocycles. The summed E-state index contributed by atoms with van der Waals surface area (Å²) in [5.74, 6) is 0. The van der Waals surface area contributed by atoms with Gasteiger partial charge in [-0.1, -0.05) is 0 Å². The standard InChI is InChI=1S/C11H14N2/c1-7-8(2)10(4)13-11(5-6-12)9(7)3/h5H2,1-4H3. The first kappa shape index (κ1) is 9.73. The zero-order valence-corrected chi connectivity index (χ0v) is 8.60. The largest absolute Gasteiger partial charge is 0.257 e. The summed E-state index contributed by atoms with van der Waals surface area (Å²) in [7, 11) is 0. The summed E-state index contributed by atoms with van der Waals surface area (Å²) in [6.45, 7) is 8.17. The molecule has 0 atom stereocenters. The molecule has 1 aromatic rings. The molecule has 1 aromatic heterocycles. The van der Waals surface area contributed by atoms with Crippen LogP contribution in [0.1, 0.15) is 28.1 Å². The van der Waals surface area contributed by atoms with Crippen molar-refractivity contribution in [3.63, 3.8) is 0 Å². The Hall–Kier alpha value is -1.36. The average Bonchev–Trinajstić information content (AvgIpc) is 2.11. The lowest BCUT2D eigenvalue weighted by Crippen LogP contribution is -2.01. The lowest BCUT2D eigenvalue weighted by molar-refractivity contribution is 0.995. The van der Waals surface area contributed by atoms with Crippen LogP contribution in [0, 0.1) is 39.0 Å². The van der Waals surface area contributed by atoms with E-state index < -0.39 is 0 Å². The fraction of sp³-hybridized carbons (Fsp3) is 0.455. The summed E-state index contributed by atoms with van der Waals surface area (Å²) in [5.41, 5.74) is 5.61. The SMILES string of the molecule is Cc1nc(CC#N)c(C)c(C)c1C. The number of hydrogen-bond acceptors (Lipinski definition) is 2. The molecule has 2 nitrogen and oxygen atoms in total. The van der Waals surface area contributed by atoms with Gasteiger partial charge in [0.15, 0.2) is 0 Å². The third-order valence-corrected chi connectivity index (χ3v) is 2.65. The topological polar surface area (TPSA) is 36.7 Å². The highest BCUT2D eigenvalue weighted by Crippen LogP contribution is 2.17. The lowest BCUT2D eigenvalue weighted by Gasteiger charge is -2.10. The molecule has 0 bridgehead atoms. The third kappa shape index (κ3) is 1.70. The van der Waals surface area contributed by atoms with Crippen LogP contribution in [-0.4, -0.2) is 4.98 Å². The van der Waals surface area contributed by atoms with E-state index in [2.05, 4.69) is 24.9 Å². The van der Waals surface area contributed by atoms with Gasteiger partial charge in [0.1, 0.15) is 0 Å². The number of aryl methyl sites for hydroxylation is 1. The number of aromatic nitrogens is 1. The zero-order valence-electron chi connectivity index (χ0n) is 8.60. The van der Waals surface area contributed by atoms with E-state index >= 15 is 0 Å². The van der Waals surface area contributed by atoms with Crippen molar-refractivity contribution in [2.75, 3.05) is 0 Å². The van der Waals surface area contributed by atoms with E-state index in [-0.39, 0.29) is 0 Å². The lowest BCUT2D eigenvalue weighted by atomic mass is 10.0. The summed E-state index contributed by atoms with van der Waals surface area (Å²) >= 11 is 0. The second-order valence-electron chi connectivity index (χ2n) is 3.35. The Kier molecular flexibility index (Phi) is 2.67. The first-order valence-corrected chi connectivity index (χ1v) is 4.38. The second-order valence-corrected chi connectivity index (χ2v) is 3.35. The summed E-state index contributed by atoms with van der Waals surface area (Å²) in [4.78, 5) is 4.40. The molecule has 0 amide bonds. The number of nitrogens with zero attached hydrogens (tertiary/aromatic N) is 2. The minimum atomic E-state index is 0.411. The van der Waals surface area contributed by atoms with Crippen LogP contribution in [0.2, 0.25) is 0 Å². The Labute approximate surface area is 79.2 Å². The molecular weight excluding hydrogens is 160 g/mol. The molecule has 0 saturated carbocycles. The van der Waals surface area contributed by atoms with E-state index in [0.29, 0.717) is 6.42 Å². The monoisotopic (exact) mass is 174 g/mol. The van der Waals surface area contributed by atoms with Crippen molar-refractivity contribution < 1.29 is 0 Å². The van der Waals surface area contributed by atoms with Crippen LogP contribution in [0.4, 0.5) is 0 Å². The quantitative estimate of drug-likeness (QED) is 0.655. The molecule has 1 rings (SSSR count). The highest BCUT2D eigenvalue weighted by Gasteiger charge is 2.07. The molecule has 0 fully saturated rings. The molecular formula is C11H14N2. The highest BCUT2D eigenvalue weighted by atomic mass is 14.7. The van der Waals surface area contributed by atoms with Crippen LogP contribution in [0.5, 0.6) is 0 Å². The minimum Gasteiger partial charge on any atom is -0.257 e. The Morgan fingerprint density at radius 2 is 1.69 bits per heavy atom. The van der Waals surface area contributed by atoms with Crippen molar-refractivity contribution in [3.05, 3.63) is 28.1 Å². The molecule has 0 aliphatic rings. The Morgan fingerprint density at radius 3 is 2.23 bits per heavy atom. The van der Waals surface area contributed by atoms with Gasteiger partial charge in [-0.05, 0) is 44.4 Å². The fourth-order valence-corrected chi connectivity index (χ4v) is 1.39. The molecule has 13 heavy (non-hydrogen) atoms. The summed E-state index contributed by atoms with van der Waals surface area (Å²) in [5, 5.41) is 8.61. The zero-order chi connectivity index (χ0) is 10.0. The molecule has 0 aliphatic heterocycles. The Balaban J connectivity index is 3.34. The second kappa shape index (κ2) is 3.57. The molecule has 1 heterocycles. The van der Waals surface area contributed by atoms with Gasteiger partial charge in [0.25, 0.3) is 0 Å². The van der Waals surface area contributed by atoms with Crippen LogP contribution < -0.4 is 0 Å². The molecule has 68 valence electrons. The van der Waals surface area contributed by atoms with Crippen molar-refractivity contribution in [1.82, 2.24) is 4.98 Å². The van der Waals surface area contributed by atoms with Gasteiger partial charge >= 0.3 is 0 Å². The normalized spacial score (nSPS) is 9.77. The maximum atomic E-state index is 8.61. The van der Waals surface area contributed by atoms with Crippen LogP contribution >= 0.6 is 0 Å². The Bertz CT molecular complexity index is 373. The van der Waals surface area contributed by atoms with Crippen LogP contribution in [0.25, 0.3) is 0 Å².